The van der Waals surface area contributed by atoms with Gasteiger partial charge in [-0.2, -0.15) is 5.26 Å². The van der Waals surface area contributed by atoms with Crippen LogP contribution in [0.2, 0.25) is 0 Å². The van der Waals surface area contributed by atoms with E-state index in [4.69, 9.17) is 6.57 Å². The standard InChI is InChI=1S/C46H24N4/c1-48-40-23-29(49-41-19-8-6-15-32(41)36-21-27-11-2-3-12-28(27)22-43(36)49)24-44(39(40)26-47)50-42-20-9-7-16-33(42)38-25-37-31-14-5-4-13-30(31)34-17-10-18-35(45(34)37)46(38)50/h2-25H. The van der Waals surface area contributed by atoms with Crippen molar-refractivity contribution in [2.45, 2.75) is 0 Å². The summed E-state index contributed by atoms with van der Waals surface area (Å²) in [7, 11) is 0. The van der Waals surface area contributed by atoms with Gasteiger partial charge in [0.05, 0.1) is 46.0 Å². The molecule has 2 heterocycles. The summed E-state index contributed by atoms with van der Waals surface area (Å²) in [5.74, 6) is 0. The van der Waals surface area contributed by atoms with Gasteiger partial charge in [-0.25, -0.2) is 4.85 Å². The van der Waals surface area contributed by atoms with E-state index in [1.807, 2.05) is 6.07 Å². The van der Waals surface area contributed by atoms with Crippen LogP contribution in [0.5, 0.6) is 0 Å². The minimum Gasteiger partial charge on any atom is -0.310 e. The van der Waals surface area contributed by atoms with Crippen LogP contribution in [0.1, 0.15) is 5.56 Å². The highest BCUT2D eigenvalue weighted by Gasteiger charge is 2.27. The maximum atomic E-state index is 10.8. The van der Waals surface area contributed by atoms with Crippen LogP contribution in [-0.2, 0) is 0 Å². The number of nitriles is 1. The summed E-state index contributed by atoms with van der Waals surface area (Å²) in [6.07, 6.45) is 0. The normalized spacial score (nSPS) is 12.0. The van der Waals surface area contributed by atoms with E-state index in [-0.39, 0.29) is 0 Å². The predicted molar refractivity (Wildman–Crippen MR) is 206 cm³/mol. The van der Waals surface area contributed by atoms with Crippen molar-refractivity contribution in [3.8, 4) is 39.7 Å². The Morgan fingerprint density at radius 2 is 1.12 bits per heavy atom. The van der Waals surface area contributed by atoms with Crippen molar-refractivity contribution in [3.63, 3.8) is 0 Å². The first kappa shape index (κ1) is 26.9. The summed E-state index contributed by atoms with van der Waals surface area (Å²) in [5.41, 5.74) is 11.3. The maximum absolute atomic E-state index is 10.8. The molecule has 1 aliphatic carbocycles. The van der Waals surface area contributed by atoms with E-state index in [1.54, 1.807) is 0 Å². The van der Waals surface area contributed by atoms with Crippen LogP contribution in [0.15, 0.2) is 146 Å². The second kappa shape index (κ2) is 9.70. The maximum Gasteiger partial charge on any atom is 0.208 e. The molecule has 0 radical (unpaired) electrons. The monoisotopic (exact) mass is 632 g/mol. The number of aromatic nitrogens is 2. The van der Waals surface area contributed by atoms with Gasteiger partial charge in [0, 0.05) is 32.6 Å². The van der Waals surface area contributed by atoms with Gasteiger partial charge in [0.15, 0.2) is 0 Å². The van der Waals surface area contributed by atoms with Crippen molar-refractivity contribution in [2.24, 2.45) is 0 Å². The largest absolute Gasteiger partial charge is 0.310 e. The molecule has 0 spiro atoms. The lowest BCUT2D eigenvalue weighted by Crippen LogP contribution is -2.02. The van der Waals surface area contributed by atoms with Crippen molar-refractivity contribution < 1.29 is 0 Å². The highest BCUT2D eigenvalue weighted by Crippen LogP contribution is 2.51. The average Bonchev–Trinajstić information content (AvgIpc) is 3.80. The van der Waals surface area contributed by atoms with Gasteiger partial charge >= 0.3 is 0 Å². The molecule has 4 heteroatoms. The molecule has 50 heavy (non-hydrogen) atoms. The van der Waals surface area contributed by atoms with E-state index >= 15 is 0 Å². The van der Waals surface area contributed by atoms with Gasteiger partial charge in [-0.3, -0.25) is 0 Å². The fourth-order valence-electron chi connectivity index (χ4n) is 8.61. The van der Waals surface area contributed by atoms with Crippen molar-refractivity contribution in [1.29, 1.82) is 5.26 Å². The molecule has 0 saturated carbocycles. The Kier molecular flexibility index (Phi) is 5.22. The molecule has 0 fully saturated rings. The van der Waals surface area contributed by atoms with Gasteiger partial charge in [0.1, 0.15) is 0 Å². The lowest BCUT2D eigenvalue weighted by atomic mass is 9.99. The Balaban J connectivity index is 1.30. The third-order valence-electron chi connectivity index (χ3n) is 10.7. The number of hydrogen-bond donors (Lipinski definition) is 0. The molecule has 8 aromatic carbocycles. The van der Waals surface area contributed by atoms with E-state index in [1.165, 1.54) is 33.0 Å². The highest BCUT2D eigenvalue weighted by atomic mass is 15.0. The summed E-state index contributed by atoms with van der Waals surface area (Å²) in [6.45, 7) is 8.32. The summed E-state index contributed by atoms with van der Waals surface area (Å²) in [5, 5.41) is 20.0. The molecule has 0 saturated heterocycles. The molecule has 2 aromatic heterocycles. The van der Waals surface area contributed by atoms with Crippen LogP contribution in [0, 0.1) is 17.9 Å². The lowest BCUT2D eigenvalue weighted by molar-refractivity contribution is 1.13. The SMILES string of the molecule is [C-]#[N+]c1cc(-n2c3ccccc3c3cc4ccccc4cc32)cc(-n2c3ccccc3c3cc4c5c(cccc5c32)-c2ccccc2-4)c1C#N. The van der Waals surface area contributed by atoms with Crippen LogP contribution in [0.3, 0.4) is 0 Å². The van der Waals surface area contributed by atoms with Crippen LogP contribution >= 0.6 is 0 Å². The molecule has 4 nitrogen and oxygen atoms in total. The van der Waals surface area contributed by atoms with Crippen molar-refractivity contribution in [3.05, 3.63) is 163 Å². The number of hydrogen-bond acceptors (Lipinski definition) is 1. The quantitative estimate of drug-likeness (QED) is 0.175. The van der Waals surface area contributed by atoms with Gasteiger partial charge in [0.2, 0.25) is 5.69 Å². The van der Waals surface area contributed by atoms with Crippen LogP contribution in [0.4, 0.5) is 5.69 Å². The summed E-state index contributed by atoms with van der Waals surface area (Å²) >= 11 is 0. The van der Waals surface area contributed by atoms with E-state index in [0.29, 0.717) is 16.9 Å². The van der Waals surface area contributed by atoms with Crippen molar-refractivity contribution >= 4 is 70.8 Å². The zero-order valence-corrected chi connectivity index (χ0v) is 26.6. The van der Waals surface area contributed by atoms with Crippen LogP contribution < -0.4 is 0 Å². The van der Waals surface area contributed by atoms with Crippen molar-refractivity contribution in [1.82, 2.24) is 9.13 Å². The molecule has 228 valence electrons. The van der Waals surface area contributed by atoms with E-state index in [2.05, 4.69) is 160 Å². The van der Waals surface area contributed by atoms with Gasteiger partial charge in [-0.1, -0.05) is 103 Å². The molecule has 10 aromatic rings. The summed E-state index contributed by atoms with van der Waals surface area (Å²) < 4.78 is 4.49. The number of rotatable bonds is 2. The summed E-state index contributed by atoms with van der Waals surface area (Å²) in [4.78, 5) is 3.98. The molecule has 11 rings (SSSR count). The van der Waals surface area contributed by atoms with Crippen LogP contribution in [-0.4, -0.2) is 9.13 Å². The minimum atomic E-state index is 0.330. The molecular formula is C46H24N4. The van der Waals surface area contributed by atoms with Crippen molar-refractivity contribution in [2.75, 3.05) is 0 Å². The molecule has 0 bridgehead atoms. The Morgan fingerprint density at radius 1 is 0.500 bits per heavy atom. The Bertz CT molecular complexity index is 3230. The average molecular weight is 633 g/mol. The predicted octanol–water partition coefficient (Wildman–Crippen LogP) is 12.3. The van der Waals surface area contributed by atoms with E-state index in [0.717, 1.165) is 60.1 Å². The Hall–Kier alpha value is -7.14. The zero-order chi connectivity index (χ0) is 33.1. The lowest BCUT2D eigenvalue weighted by Gasteiger charge is -2.17. The minimum absolute atomic E-state index is 0.330. The second-order valence-electron chi connectivity index (χ2n) is 13.1. The van der Waals surface area contributed by atoms with Gasteiger partial charge in [-0.05, 0) is 80.9 Å². The number of fused-ring (bicyclic) bond motifs is 11. The third kappa shape index (κ3) is 3.37. The molecule has 0 unspecified atom stereocenters. The molecule has 0 atom stereocenters. The Labute approximate surface area is 286 Å². The smallest absolute Gasteiger partial charge is 0.208 e. The number of nitrogens with zero attached hydrogens (tertiary/aromatic N) is 4. The zero-order valence-electron chi connectivity index (χ0n) is 26.6. The van der Waals surface area contributed by atoms with Gasteiger partial charge in [-0.15, -0.1) is 0 Å². The highest BCUT2D eigenvalue weighted by molar-refractivity contribution is 6.27. The van der Waals surface area contributed by atoms with Gasteiger partial charge < -0.3 is 9.13 Å². The first-order chi connectivity index (χ1) is 24.7. The Morgan fingerprint density at radius 3 is 1.88 bits per heavy atom. The first-order valence-corrected chi connectivity index (χ1v) is 16.7. The van der Waals surface area contributed by atoms with E-state index in [9.17, 15) is 5.26 Å². The third-order valence-corrected chi connectivity index (χ3v) is 10.7. The number of benzene rings is 8. The first-order valence-electron chi connectivity index (χ1n) is 16.7. The van der Waals surface area contributed by atoms with E-state index < -0.39 is 0 Å². The molecule has 0 aliphatic heterocycles. The van der Waals surface area contributed by atoms with Gasteiger partial charge in [0.25, 0.3) is 0 Å². The fourth-order valence-corrected chi connectivity index (χ4v) is 8.61. The number of para-hydroxylation sites is 2. The summed E-state index contributed by atoms with van der Waals surface area (Å²) in [6, 6.07) is 53.8. The molecule has 1 aliphatic rings. The topological polar surface area (TPSA) is 38.0 Å². The molecule has 0 N–H and O–H groups in total. The molecule has 0 amide bonds. The molecular weight excluding hydrogens is 609 g/mol. The fraction of sp³-hybridized carbons (Fsp3) is 0. The second-order valence-corrected chi connectivity index (χ2v) is 13.1. The van der Waals surface area contributed by atoms with Crippen LogP contribution in [0.25, 0.3) is 104 Å².